The summed E-state index contributed by atoms with van der Waals surface area (Å²) in [5.41, 5.74) is 0.958. The van der Waals surface area contributed by atoms with E-state index in [1.54, 1.807) is 24.1 Å². The Bertz CT molecular complexity index is 709. The maximum Gasteiger partial charge on any atom is 0.321 e. The van der Waals surface area contributed by atoms with Crippen LogP contribution in [-0.4, -0.2) is 40.3 Å². The van der Waals surface area contributed by atoms with E-state index in [1.807, 2.05) is 29.1 Å². The van der Waals surface area contributed by atoms with Gasteiger partial charge in [-0.25, -0.2) is 9.18 Å². The van der Waals surface area contributed by atoms with Crippen LogP contribution < -0.4 is 5.32 Å². The number of nitrogens with zero attached hydrogens (tertiary/aromatic N) is 2. The van der Waals surface area contributed by atoms with Gasteiger partial charge in [-0.1, -0.05) is 0 Å². The number of carbonyl (C=O) groups is 1. The largest absolute Gasteiger partial charge is 0.396 e. The first-order valence-corrected chi connectivity index (χ1v) is 8.66. The van der Waals surface area contributed by atoms with E-state index in [9.17, 15) is 14.3 Å². The van der Waals surface area contributed by atoms with Gasteiger partial charge in [0.25, 0.3) is 0 Å². The Kier molecular flexibility index (Phi) is 5.38. The van der Waals surface area contributed by atoms with Crippen LogP contribution in [0, 0.1) is 11.7 Å². The number of benzene rings is 1. The number of amides is 2. The van der Waals surface area contributed by atoms with Crippen molar-refractivity contribution < 1.29 is 14.3 Å². The lowest BCUT2D eigenvalue weighted by Crippen LogP contribution is -2.42. The number of hydrogen-bond donors (Lipinski definition) is 2. The van der Waals surface area contributed by atoms with Crippen molar-refractivity contribution >= 4 is 11.7 Å². The fourth-order valence-corrected chi connectivity index (χ4v) is 3.36. The molecule has 134 valence electrons. The van der Waals surface area contributed by atoms with Gasteiger partial charge in [0, 0.05) is 37.8 Å². The summed E-state index contributed by atoms with van der Waals surface area (Å²) in [6, 6.07) is 8.25. The van der Waals surface area contributed by atoms with Gasteiger partial charge in [0.05, 0.1) is 5.69 Å². The molecule has 0 aliphatic heterocycles. The number of hydrogen-bond acceptors (Lipinski definition) is 2. The molecule has 1 aliphatic carbocycles. The van der Waals surface area contributed by atoms with Crippen LogP contribution in [0.1, 0.15) is 25.7 Å². The molecular formula is C19H24FN3O2. The summed E-state index contributed by atoms with van der Waals surface area (Å²) in [4.78, 5) is 14.2. The minimum Gasteiger partial charge on any atom is -0.396 e. The van der Waals surface area contributed by atoms with Crippen LogP contribution in [0.5, 0.6) is 0 Å². The molecule has 0 unspecified atom stereocenters. The Balaban J connectivity index is 1.67. The van der Waals surface area contributed by atoms with Crippen LogP contribution in [0.2, 0.25) is 0 Å². The molecule has 0 spiro atoms. The Hall–Kier alpha value is -2.34. The fraction of sp³-hybridized carbons (Fsp3) is 0.421. The molecule has 0 radical (unpaired) electrons. The molecule has 1 aromatic heterocycles. The summed E-state index contributed by atoms with van der Waals surface area (Å²) in [7, 11) is 1.74. The van der Waals surface area contributed by atoms with Gasteiger partial charge in [-0.3, -0.25) is 0 Å². The van der Waals surface area contributed by atoms with E-state index in [1.165, 1.54) is 6.07 Å². The molecular weight excluding hydrogens is 321 g/mol. The summed E-state index contributed by atoms with van der Waals surface area (Å²) < 4.78 is 16.0. The molecule has 2 aromatic rings. The van der Waals surface area contributed by atoms with Crippen LogP contribution in [0.4, 0.5) is 14.9 Å². The van der Waals surface area contributed by atoms with E-state index in [4.69, 9.17) is 0 Å². The maximum atomic E-state index is 14.1. The molecule has 2 amide bonds. The van der Waals surface area contributed by atoms with Gasteiger partial charge < -0.3 is 19.9 Å². The van der Waals surface area contributed by atoms with Crippen molar-refractivity contribution in [2.75, 3.05) is 19.0 Å². The van der Waals surface area contributed by atoms with E-state index in [2.05, 4.69) is 5.32 Å². The zero-order valence-corrected chi connectivity index (χ0v) is 14.4. The molecule has 0 saturated heterocycles. The first-order chi connectivity index (χ1) is 12.1. The highest BCUT2D eigenvalue weighted by Crippen LogP contribution is 2.27. The van der Waals surface area contributed by atoms with E-state index in [0.717, 1.165) is 31.4 Å². The number of rotatable bonds is 4. The van der Waals surface area contributed by atoms with Crippen LogP contribution in [0.15, 0.2) is 42.7 Å². The third-order valence-electron chi connectivity index (χ3n) is 5.04. The summed E-state index contributed by atoms with van der Waals surface area (Å²) in [6.07, 6.45) is 7.28. The van der Waals surface area contributed by atoms with E-state index >= 15 is 0 Å². The van der Waals surface area contributed by atoms with Crippen LogP contribution >= 0.6 is 0 Å². The standard InChI is InChI=1S/C19H24FN3O2/c1-22(15-6-4-14(13-24)5-7-15)19(25)21-18-12-16(8-9-17(18)20)23-10-2-3-11-23/h2-3,8-12,14-15,24H,4-7,13H2,1H3,(H,21,25). The predicted octanol–water partition coefficient (Wildman–Crippen LogP) is 3.63. The van der Waals surface area contributed by atoms with Gasteiger partial charge in [-0.05, 0) is 61.9 Å². The zero-order valence-electron chi connectivity index (χ0n) is 14.4. The molecule has 1 aromatic carbocycles. The van der Waals surface area contributed by atoms with E-state index in [0.29, 0.717) is 5.92 Å². The second kappa shape index (κ2) is 7.70. The van der Waals surface area contributed by atoms with Crippen LogP contribution in [0.3, 0.4) is 0 Å². The number of nitrogens with one attached hydrogen (secondary N) is 1. The summed E-state index contributed by atoms with van der Waals surface area (Å²) in [5, 5.41) is 11.9. The van der Waals surface area contributed by atoms with Crippen molar-refractivity contribution in [3.05, 3.63) is 48.5 Å². The molecule has 1 saturated carbocycles. The minimum absolute atomic E-state index is 0.124. The molecule has 0 bridgehead atoms. The first-order valence-electron chi connectivity index (χ1n) is 8.66. The number of carbonyl (C=O) groups excluding carboxylic acids is 1. The van der Waals surface area contributed by atoms with Crippen molar-refractivity contribution in [3.8, 4) is 5.69 Å². The van der Waals surface area contributed by atoms with Crippen molar-refractivity contribution in [2.45, 2.75) is 31.7 Å². The average Bonchev–Trinajstić information content (AvgIpc) is 3.17. The summed E-state index contributed by atoms with van der Waals surface area (Å²) >= 11 is 0. The van der Waals surface area contributed by atoms with Crippen molar-refractivity contribution in [1.29, 1.82) is 0 Å². The lowest BCUT2D eigenvalue weighted by molar-refractivity contribution is 0.139. The normalized spacial score (nSPS) is 20.3. The second-order valence-electron chi connectivity index (χ2n) is 6.65. The van der Waals surface area contributed by atoms with E-state index in [-0.39, 0.29) is 24.4 Å². The fourth-order valence-electron chi connectivity index (χ4n) is 3.36. The van der Waals surface area contributed by atoms with Crippen molar-refractivity contribution in [3.63, 3.8) is 0 Å². The van der Waals surface area contributed by atoms with Gasteiger partial charge >= 0.3 is 6.03 Å². The Labute approximate surface area is 147 Å². The number of halogens is 1. The smallest absolute Gasteiger partial charge is 0.321 e. The quantitative estimate of drug-likeness (QED) is 0.889. The van der Waals surface area contributed by atoms with Gasteiger partial charge in [-0.2, -0.15) is 0 Å². The predicted molar refractivity (Wildman–Crippen MR) is 95.3 cm³/mol. The highest BCUT2D eigenvalue weighted by atomic mass is 19.1. The second-order valence-corrected chi connectivity index (χ2v) is 6.65. The molecule has 6 heteroatoms. The van der Waals surface area contributed by atoms with Gasteiger partial charge in [0.2, 0.25) is 0 Å². The van der Waals surface area contributed by atoms with Gasteiger partial charge in [-0.15, -0.1) is 0 Å². The molecule has 1 fully saturated rings. The monoisotopic (exact) mass is 345 g/mol. The van der Waals surface area contributed by atoms with Crippen molar-refractivity contribution in [1.82, 2.24) is 9.47 Å². The first kappa shape index (κ1) is 17.5. The third-order valence-corrected chi connectivity index (χ3v) is 5.04. The molecule has 5 nitrogen and oxygen atoms in total. The number of aromatic nitrogens is 1. The topological polar surface area (TPSA) is 57.5 Å². The molecule has 1 aliphatic rings. The number of urea groups is 1. The Morgan fingerprint density at radius 3 is 2.60 bits per heavy atom. The van der Waals surface area contributed by atoms with Crippen LogP contribution in [-0.2, 0) is 0 Å². The Morgan fingerprint density at radius 1 is 1.28 bits per heavy atom. The molecule has 1 heterocycles. The lowest BCUT2D eigenvalue weighted by atomic mass is 9.86. The van der Waals surface area contributed by atoms with Gasteiger partial charge in [0.1, 0.15) is 5.82 Å². The van der Waals surface area contributed by atoms with Crippen LogP contribution in [0.25, 0.3) is 5.69 Å². The number of aliphatic hydroxyl groups excluding tert-OH is 1. The highest BCUT2D eigenvalue weighted by molar-refractivity contribution is 5.89. The van der Waals surface area contributed by atoms with Crippen molar-refractivity contribution in [2.24, 2.45) is 5.92 Å². The minimum atomic E-state index is -0.457. The average molecular weight is 345 g/mol. The third kappa shape index (κ3) is 4.02. The highest BCUT2D eigenvalue weighted by Gasteiger charge is 2.26. The summed E-state index contributed by atoms with van der Waals surface area (Å²) in [5.74, 6) is -0.120. The molecule has 0 atom stereocenters. The zero-order chi connectivity index (χ0) is 17.8. The molecule has 2 N–H and O–H groups in total. The maximum absolute atomic E-state index is 14.1. The summed E-state index contributed by atoms with van der Waals surface area (Å²) in [6.45, 7) is 0.208. The van der Waals surface area contributed by atoms with E-state index < -0.39 is 5.82 Å². The Morgan fingerprint density at radius 2 is 1.96 bits per heavy atom. The number of aliphatic hydroxyl groups is 1. The van der Waals surface area contributed by atoms with Gasteiger partial charge in [0.15, 0.2) is 0 Å². The molecule has 3 rings (SSSR count). The SMILES string of the molecule is CN(C(=O)Nc1cc(-n2cccc2)ccc1F)C1CCC(CO)CC1. The number of anilines is 1. The molecule has 25 heavy (non-hydrogen) atoms. The lowest BCUT2D eigenvalue weighted by Gasteiger charge is -2.34.